The number of thiazole rings is 1. The van der Waals surface area contributed by atoms with Gasteiger partial charge in [0.2, 0.25) is 0 Å². The first-order chi connectivity index (χ1) is 13.2. The summed E-state index contributed by atoms with van der Waals surface area (Å²) in [6.07, 6.45) is 8.70. The maximum Gasteiger partial charge on any atom is 0.318 e. The number of hydrogen-bond donors (Lipinski definition) is 1. The third kappa shape index (κ3) is 3.73. The van der Waals surface area contributed by atoms with Crippen LogP contribution >= 0.6 is 11.3 Å². The highest BCUT2D eigenvalue weighted by molar-refractivity contribution is 7.09. The van der Waals surface area contributed by atoms with Gasteiger partial charge in [0.1, 0.15) is 10.8 Å². The number of aromatic nitrogens is 3. The zero-order valence-electron chi connectivity index (χ0n) is 15.3. The van der Waals surface area contributed by atoms with E-state index < -0.39 is 0 Å². The summed E-state index contributed by atoms with van der Waals surface area (Å²) in [5.74, 6) is 0.925. The van der Waals surface area contributed by atoms with E-state index in [0.717, 1.165) is 47.9 Å². The Kier molecular flexibility index (Phi) is 5.20. The number of rotatable bonds is 4. The van der Waals surface area contributed by atoms with E-state index in [0.29, 0.717) is 6.54 Å². The summed E-state index contributed by atoms with van der Waals surface area (Å²) in [6, 6.07) is 8.16. The molecule has 2 aromatic heterocycles. The minimum atomic E-state index is -0.0212. The molecule has 0 radical (unpaired) electrons. The molecule has 0 aliphatic carbocycles. The number of para-hydroxylation sites is 1. The molecule has 1 N–H and O–H groups in total. The minimum absolute atomic E-state index is 0.0212. The van der Waals surface area contributed by atoms with Crippen LogP contribution in [0.4, 0.5) is 4.79 Å². The molecule has 1 aliphatic heterocycles. The number of amides is 2. The van der Waals surface area contributed by atoms with Gasteiger partial charge in [0, 0.05) is 37.1 Å². The van der Waals surface area contributed by atoms with Crippen LogP contribution in [0.5, 0.6) is 0 Å². The lowest BCUT2D eigenvalue weighted by molar-refractivity contribution is 0.151. The van der Waals surface area contributed by atoms with Crippen molar-refractivity contribution in [2.75, 3.05) is 6.54 Å². The van der Waals surface area contributed by atoms with Gasteiger partial charge in [-0.15, -0.1) is 11.3 Å². The summed E-state index contributed by atoms with van der Waals surface area (Å²) in [5.41, 5.74) is 2.11. The Morgan fingerprint density at radius 3 is 2.93 bits per heavy atom. The van der Waals surface area contributed by atoms with Crippen LogP contribution in [-0.2, 0) is 6.54 Å². The number of nitrogens with one attached hydrogen (secondary N) is 1. The van der Waals surface area contributed by atoms with E-state index >= 15 is 0 Å². The zero-order chi connectivity index (χ0) is 18.6. The highest BCUT2D eigenvalue weighted by Gasteiger charge is 2.29. The van der Waals surface area contributed by atoms with E-state index in [1.165, 1.54) is 0 Å². The van der Waals surface area contributed by atoms with Crippen molar-refractivity contribution < 1.29 is 4.79 Å². The van der Waals surface area contributed by atoms with Crippen LogP contribution in [0.3, 0.4) is 0 Å². The maximum atomic E-state index is 12.9. The number of carbonyl (C=O) groups is 1. The number of aryl methyl sites for hydroxylation is 1. The largest absolute Gasteiger partial charge is 0.334 e. The van der Waals surface area contributed by atoms with Gasteiger partial charge in [0.15, 0.2) is 0 Å². The highest BCUT2D eigenvalue weighted by Crippen LogP contribution is 2.32. The highest BCUT2D eigenvalue weighted by atomic mass is 32.1. The number of urea groups is 1. The van der Waals surface area contributed by atoms with Crippen LogP contribution < -0.4 is 5.32 Å². The van der Waals surface area contributed by atoms with Crippen LogP contribution in [0, 0.1) is 6.92 Å². The summed E-state index contributed by atoms with van der Waals surface area (Å²) in [5, 5.41) is 6.12. The third-order valence-corrected chi connectivity index (χ3v) is 5.88. The molecule has 0 spiro atoms. The van der Waals surface area contributed by atoms with Gasteiger partial charge in [-0.1, -0.05) is 18.2 Å². The molecule has 1 unspecified atom stereocenters. The zero-order valence-corrected chi connectivity index (χ0v) is 16.2. The van der Waals surface area contributed by atoms with Crippen molar-refractivity contribution in [1.29, 1.82) is 0 Å². The Bertz CT molecular complexity index is 905. The summed E-state index contributed by atoms with van der Waals surface area (Å²) < 4.78 is 2.04. The summed E-state index contributed by atoms with van der Waals surface area (Å²) >= 11 is 1.62. The van der Waals surface area contributed by atoms with Gasteiger partial charge in [0.05, 0.1) is 11.7 Å². The molecule has 4 rings (SSSR count). The molecule has 0 saturated carbocycles. The number of nitrogens with zero attached hydrogens (tertiary/aromatic N) is 4. The molecule has 1 fully saturated rings. The van der Waals surface area contributed by atoms with E-state index in [2.05, 4.69) is 21.4 Å². The molecule has 1 aromatic carbocycles. The Morgan fingerprint density at radius 2 is 2.15 bits per heavy atom. The van der Waals surface area contributed by atoms with E-state index in [1.807, 2.05) is 52.4 Å². The van der Waals surface area contributed by atoms with Gasteiger partial charge in [-0.2, -0.15) is 0 Å². The maximum absolute atomic E-state index is 12.9. The number of benzene rings is 1. The number of piperidine rings is 1. The average Bonchev–Trinajstić information content (AvgIpc) is 3.38. The Morgan fingerprint density at radius 1 is 1.26 bits per heavy atom. The lowest BCUT2D eigenvalue weighted by Gasteiger charge is -2.34. The average molecular weight is 382 g/mol. The van der Waals surface area contributed by atoms with Crippen LogP contribution in [0.2, 0.25) is 0 Å². The Hall–Kier alpha value is -2.67. The fourth-order valence-electron chi connectivity index (χ4n) is 3.63. The number of imidazole rings is 1. The van der Waals surface area contributed by atoms with E-state index in [-0.39, 0.29) is 12.1 Å². The van der Waals surface area contributed by atoms with E-state index in [1.54, 1.807) is 17.5 Å². The standard InChI is InChI=1S/C20H23N5OS/c1-15-21-9-12-24(15)17-7-3-2-6-16(17)14-23-20(26)25-11-5-4-8-18(25)19-22-10-13-27-19/h2-3,6-7,9-10,12-13,18H,4-5,8,11,14H2,1H3,(H,23,26). The molecule has 0 bridgehead atoms. The molecule has 27 heavy (non-hydrogen) atoms. The van der Waals surface area contributed by atoms with Gasteiger partial charge in [-0.3, -0.25) is 0 Å². The molecule has 6 nitrogen and oxygen atoms in total. The van der Waals surface area contributed by atoms with Gasteiger partial charge in [-0.25, -0.2) is 14.8 Å². The number of carbonyl (C=O) groups excluding carboxylic acids is 1. The van der Waals surface area contributed by atoms with Crippen molar-refractivity contribution >= 4 is 17.4 Å². The molecule has 1 atom stereocenters. The quantitative estimate of drug-likeness (QED) is 0.741. The second kappa shape index (κ2) is 7.92. The SMILES string of the molecule is Cc1nccn1-c1ccccc1CNC(=O)N1CCCCC1c1nccs1. The summed E-state index contributed by atoms with van der Waals surface area (Å²) in [4.78, 5) is 23.6. The molecule has 1 saturated heterocycles. The van der Waals surface area contributed by atoms with Gasteiger partial charge >= 0.3 is 6.03 Å². The summed E-state index contributed by atoms with van der Waals surface area (Å²) in [7, 11) is 0. The minimum Gasteiger partial charge on any atom is -0.334 e. The molecular weight excluding hydrogens is 358 g/mol. The van der Waals surface area contributed by atoms with Crippen molar-refractivity contribution in [2.45, 2.75) is 38.8 Å². The molecule has 140 valence electrons. The lowest BCUT2D eigenvalue weighted by atomic mass is 10.0. The first kappa shape index (κ1) is 17.7. The molecule has 7 heteroatoms. The van der Waals surface area contributed by atoms with Gasteiger partial charge in [-0.05, 0) is 37.8 Å². The Balaban J connectivity index is 1.49. The first-order valence-corrected chi connectivity index (χ1v) is 10.1. The van der Waals surface area contributed by atoms with Gasteiger partial charge < -0.3 is 14.8 Å². The molecule has 3 aromatic rings. The van der Waals surface area contributed by atoms with Crippen molar-refractivity contribution in [1.82, 2.24) is 24.8 Å². The number of hydrogen-bond acceptors (Lipinski definition) is 4. The predicted octanol–water partition coefficient (Wildman–Crippen LogP) is 4.07. The predicted molar refractivity (Wildman–Crippen MR) is 106 cm³/mol. The third-order valence-electron chi connectivity index (χ3n) is 5.01. The smallest absolute Gasteiger partial charge is 0.318 e. The summed E-state index contributed by atoms with van der Waals surface area (Å²) in [6.45, 7) is 3.23. The second-order valence-electron chi connectivity index (χ2n) is 6.71. The van der Waals surface area contributed by atoms with Crippen LogP contribution in [0.1, 0.15) is 41.7 Å². The molecule has 3 heterocycles. The van der Waals surface area contributed by atoms with Crippen molar-refractivity contribution in [2.24, 2.45) is 0 Å². The Labute approximate surface area is 162 Å². The second-order valence-corrected chi connectivity index (χ2v) is 7.63. The fraction of sp³-hybridized carbons (Fsp3) is 0.350. The van der Waals surface area contributed by atoms with Crippen molar-refractivity contribution in [3.05, 3.63) is 64.6 Å². The molecule has 1 aliphatic rings. The van der Waals surface area contributed by atoms with E-state index in [4.69, 9.17) is 0 Å². The van der Waals surface area contributed by atoms with Crippen LogP contribution in [0.25, 0.3) is 5.69 Å². The molecular formula is C20H23N5OS. The normalized spacial score (nSPS) is 17.1. The topological polar surface area (TPSA) is 63.1 Å². The van der Waals surface area contributed by atoms with Crippen molar-refractivity contribution in [3.63, 3.8) is 0 Å². The fourth-order valence-corrected chi connectivity index (χ4v) is 4.42. The number of likely N-dealkylation sites (tertiary alicyclic amines) is 1. The lowest BCUT2D eigenvalue weighted by Crippen LogP contribution is -2.44. The molecule has 2 amide bonds. The van der Waals surface area contributed by atoms with E-state index in [9.17, 15) is 4.79 Å². The van der Waals surface area contributed by atoms with Crippen LogP contribution in [-0.4, -0.2) is 32.0 Å². The first-order valence-electron chi connectivity index (χ1n) is 9.26. The van der Waals surface area contributed by atoms with Crippen LogP contribution in [0.15, 0.2) is 48.2 Å². The van der Waals surface area contributed by atoms with Crippen molar-refractivity contribution in [3.8, 4) is 5.69 Å². The van der Waals surface area contributed by atoms with Gasteiger partial charge in [0.25, 0.3) is 0 Å². The monoisotopic (exact) mass is 381 g/mol.